The molecular formula is C20H17N3O3S2. The molecule has 0 unspecified atom stereocenters. The van der Waals surface area contributed by atoms with Crippen LogP contribution >= 0.6 is 23.1 Å². The Balaban J connectivity index is 1.50. The topological polar surface area (TPSA) is 81.2 Å². The number of anilines is 1. The average molecular weight is 412 g/mol. The highest BCUT2D eigenvalue weighted by molar-refractivity contribution is 8.01. The number of hydrogen-bond acceptors (Lipinski definition) is 7. The number of carbonyl (C=O) groups excluding carboxylic acids is 2. The number of thioether (sulfide) groups is 1. The van der Waals surface area contributed by atoms with Crippen LogP contribution in [0.25, 0.3) is 6.08 Å². The largest absolute Gasteiger partial charge is 0.497 e. The number of hydrogen-bond donors (Lipinski definition) is 1. The first-order valence-electron chi connectivity index (χ1n) is 8.32. The van der Waals surface area contributed by atoms with Gasteiger partial charge >= 0.3 is 0 Å². The molecule has 0 aliphatic rings. The second-order valence-electron chi connectivity index (χ2n) is 5.55. The van der Waals surface area contributed by atoms with E-state index in [0.29, 0.717) is 15.0 Å². The van der Waals surface area contributed by atoms with Gasteiger partial charge in [0, 0.05) is 11.6 Å². The van der Waals surface area contributed by atoms with Crippen molar-refractivity contribution in [1.82, 2.24) is 10.2 Å². The Kier molecular flexibility index (Phi) is 6.94. The zero-order valence-corrected chi connectivity index (χ0v) is 16.6. The zero-order chi connectivity index (χ0) is 19.8. The van der Waals surface area contributed by atoms with E-state index in [-0.39, 0.29) is 17.4 Å². The SMILES string of the molecule is COc1ccc(C=CC(=O)Nc2nnc(SCC(=O)c3ccccc3)s2)cc1. The molecule has 3 aromatic rings. The van der Waals surface area contributed by atoms with E-state index in [4.69, 9.17) is 4.74 Å². The molecule has 0 aliphatic heterocycles. The van der Waals surface area contributed by atoms with Gasteiger partial charge in [-0.2, -0.15) is 0 Å². The van der Waals surface area contributed by atoms with E-state index >= 15 is 0 Å². The molecule has 0 aliphatic carbocycles. The predicted octanol–water partition coefficient (Wildman–Crippen LogP) is 4.17. The standard InChI is InChI=1S/C20H17N3O3S2/c1-26-16-10-7-14(8-11-16)9-12-18(25)21-19-22-23-20(28-19)27-13-17(24)15-5-3-2-4-6-15/h2-12H,13H2,1H3,(H,21,22,25). The van der Waals surface area contributed by atoms with Crippen LogP contribution in [0.2, 0.25) is 0 Å². The summed E-state index contributed by atoms with van der Waals surface area (Å²) in [4.78, 5) is 24.1. The first-order chi connectivity index (χ1) is 13.6. The average Bonchev–Trinajstić information content (AvgIpc) is 3.18. The van der Waals surface area contributed by atoms with Crippen LogP contribution in [0.15, 0.2) is 65.0 Å². The molecule has 0 fully saturated rings. The Morgan fingerprint density at radius 1 is 1.11 bits per heavy atom. The van der Waals surface area contributed by atoms with Crippen molar-refractivity contribution in [3.63, 3.8) is 0 Å². The number of rotatable bonds is 8. The van der Waals surface area contributed by atoms with Crippen LogP contribution in [0.1, 0.15) is 15.9 Å². The molecule has 1 heterocycles. The van der Waals surface area contributed by atoms with Crippen molar-refractivity contribution < 1.29 is 14.3 Å². The Hall–Kier alpha value is -2.97. The minimum Gasteiger partial charge on any atom is -0.497 e. The summed E-state index contributed by atoms with van der Waals surface area (Å²) in [6.45, 7) is 0. The highest BCUT2D eigenvalue weighted by atomic mass is 32.2. The summed E-state index contributed by atoms with van der Waals surface area (Å²) < 4.78 is 5.72. The summed E-state index contributed by atoms with van der Waals surface area (Å²) in [6, 6.07) is 16.4. The van der Waals surface area contributed by atoms with Gasteiger partial charge in [-0.05, 0) is 23.8 Å². The molecule has 1 N–H and O–H groups in total. The van der Waals surface area contributed by atoms with E-state index in [1.54, 1.807) is 25.3 Å². The number of nitrogens with one attached hydrogen (secondary N) is 1. The molecule has 1 amide bonds. The molecule has 142 valence electrons. The van der Waals surface area contributed by atoms with Crippen molar-refractivity contribution in [2.75, 3.05) is 18.2 Å². The number of aromatic nitrogens is 2. The van der Waals surface area contributed by atoms with Crippen molar-refractivity contribution in [3.8, 4) is 5.75 Å². The van der Waals surface area contributed by atoms with Gasteiger partial charge in [-0.25, -0.2) is 0 Å². The second kappa shape index (κ2) is 9.82. The Morgan fingerprint density at radius 2 is 1.86 bits per heavy atom. The third kappa shape index (κ3) is 5.77. The highest BCUT2D eigenvalue weighted by Gasteiger charge is 2.10. The maximum atomic E-state index is 12.1. The summed E-state index contributed by atoms with van der Waals surface area (Å²) in [7, 11) is 1.60. The highest BCUT2D eigenvalue weighted by Crippen LogP contribution is 2.26. The molecule has 6 nitrogen and oxygen atoms in total. The van der Waals surface area contributed by atoms with Crippen LogP contribution in [0.3, 0.4) is 0 Å². The minimum atomic E-state index is -0.302. The van der Waals surface area contributed by atoms with E-state index in [0.717, 1.165) is 11.3 Å². The molecule has 0 atom stereocenters. The fourth-order valence-corrected chi connectivity index (χ4v) is 3.84. The predicted molar refractivity (Wildman–Crippen MR) is 112 cm³/mol. The van der Waals surface area contributed by atoms with E-state index in [1.165, 1.54) is 29.2 Å². The number of ketones is 1. The zero-order valence-electron chi connectivity index (χ0n) is 15.0. The molecule has 2 aromatic carbocycles. The fourth-order valence-electron chi connectivity index (χ4n) is 2.19. The van der Waals surface area contributed by atoms with Gasteiger partial charge in [0.1, 0.15) is 5.75 Å². The molecule has 3 rings (SSSR count). The van der Waals surface area contributed by atoms with E-state index in [2.05, 4.69) is 15.5 Å². The quantitative estimate of drug-likeness (QED) is 0.259. The summed E-state index contributed by atoms with van der Waals surface area (Å²) in [5.74, 6) is 0.744. The fraction of sp³-hybridized carbons (Fsp3) is 0.100. The van der Waals surface area contributed by atoms with Crippen LogP contribution in [0, 0.1) is 0 Å². The molecule has 28 heavy (non-hydrogen) atoms. The number of methoxy groups -OCH3 is 1. The summed E-state index contributed by atoms with van der Waals surface area (Å²) in [5.41, 5.74) is 1.54. The Bertz CT molecular complexity index is 970. The number of ether oxygens (including phenoxy) is 1. The lowest BCUT2D eigenvalue weighted by Crippen LogP contribution is -2.07. The van der Waals surface area contributed by atoms with Crippen molar-refractivity contribution >= 4 is 46.0 Å². The van der Waals surface area contributed by atoms with Gasteiger partial charge in [-0.15, -0.1) is 10.2 Å². The molecule has 0 saturated carbocycles. The molecule has 0 bridgehead atoms. The summed E-state index contributed by atoms with van der Waals surface area (Å²) in [5, 5.41) is 11.0. The van der Waals surface area contributed by atoms with Crippen LogP contribution in [0.4, 0.5) is 5.13 Å². The maximum Gasteiger partial charge on any atom is 0.250 e. The lowest BCUT2D eigenvalue weighted by Gasteiger charge is -1.99. The van der Waals surface area contributed by atoms with E-state index in [1.807, 2.05) is 42.5 Å². The number of benzene rings is 2. The molecule has 0 saturated heterocycles. The summed E-state index contributed by atoms with van der Waals surface area (Å²) >= 11 is 2.53. The number of nitrogens with zero attached hydrogens (tertiary/aromatic N) is 2. The number of Topliss-reactive ketones (excluding diaryl/α,β-unsaturated/α-hetero) is 1. The lowest BCUT2D eigenvalue weighted by atomic mass is 10.2. The van der Waals surface area contributed by atoms with Crippen LogP contribution in [0.5, 0.6) is 5.75 Å². The number of amides is 1. The second-order valence-corrected chi connectivity index (χ2v) is 7.75. The van der Waals surface area contributed by atoms with Crippen molar-refractivity contribution in [2.24, 2.45) is 0 Å². The lowest BCUT2D eigenvalue weighted by molar-refractivity contribution is -0.111. The smallest absolute Gasteiger partial charge is 0.250 e. The van der Waals surface area contributed by atoms with Gasteiger partial charge in [-0.3, -0.25) is 14.9 Å². The van der Waals surface area contributed by atoms with Crippen molar-refractivity contribution in [2.45, 2.75) is 4.34 Å². The number of carbonyl (C=O) groups is 2. The van der Waals surface area contributed by atoms with Gasteiger partial charge < -0.3 is 4.74 Å². The van der Waals surface area contributed by atoms with Crippen molar-refractivity contribution in [1.29, 1.82) is 0 Å². The van der Waals surface area contributed by atoms with Crippen molar-refractivity contribution in [3.05, 3.63) is 71.8 Å². The first-order valence-corrected chi connectivity index (χ1v) is 10.1. The molecular weight excluding hydrogens is 394 g/mol. The third-order valence-electron chi connectivity index (χ3n) is 3.60. The monoisotopic (exact) mass is 411 g/mol. The van der Waals surface area contributed by atoms with Crippen LogP contribution < -0.4 is 10.1 Å². The first kappa shape index (κ1) is 19.8. The minimum absolute atomic E-state index is 0.0220. The van der Waals surface area contributed by atoms with Gasteiger partial charge in [0.15, 0.2) is 10.1 Å². The van der Waals surface area contributed by atoms with Gasteiger partial charge in [0.05, 0.1) is 12.9 Å². The van der Waals surface area contributed by atoms with Gasteiger partial charge in [0.25, 0.3) is 0 Å². The van der Waals surface area contributed by atoms with E-state index < -0.39 is 0 Å². The maximum absolute atomic E-state index is 12.1. The van der Waals surface area contributed by atoms with Crippen LogP contribution in [-0.4, -0.2) is 34.8 Å². The summed E-state index contributed by atoms with van der Waals surface area (Å²) in [6.07, 6.45) is 3.12. The van der Waals surface area contributed by atoms with Gasteiger partial charge in [0.2, 0.25) is 11.0 Å². The Morgan fingerprint density at radius 3 is 2.57 bits per heavy atom. The van der Waals surface area contributed by atoms with Crippen LogP contribution in [-0.2, 0) is 4.79 Å². The molecule has 0 radical (unpaired) electrons. The third-order valence-corrected chi connectivity index (χ3v) is 5.57. The molecule has 1 aromatic heterocycles. The normalized spacial score (nSPS) is 10.8. The van der Waals surface area contributed by atoms with E-state index in [9.17, 15) is 9.59 Å². The molecule has 8 heteroatoms. The van der Waals surface area contributed by atoms with Gasteiger partial charge in [-0.1, -0.05) is 65.6 Å². The molecule has 0 spiro atoms. The Labute approximate surface area is 170 Å².